The van der Waals surface area contributed by atoms with Crippen LogP contribution < -0.4 is 4.74 Å². The fraction of sp³-hybridized carbons (Fsp3) is 0.125. The summed E-state index contributed by atoms with van der Waals surface area (Å²) >= 11 is 1.35. The van der Waals surface area contributed by atoms with Gasteiger partial charge in [-0.2, -0.15) is 0 Å². The number of fused-ring (bicyclic) bond motifs is 1. The van der Waals surface area contributed by atoms with E-state index >= 15 is 0 Å². The molecular formula is C8H6FNOS. The second-order valence-electron chi connectivity index (χ2n) is 2.20. The van der Waals surface area contributed by atoms with Crippen molar-refractivity contribution in [1.29, 1.82) is 0 Å². The van der Waals surface area contributed by atoms with Crippen LogP contribution in [-0.2, 0) is 0 Å². The fourth-order valence-electron chi connectivity index (χ4n) is 0.959. The highest BCUT2D eigenvalue weighted by Crippen LogP contribution is 2.26. The highest BCUT2D eigenvalue weighted by Gasteiger charge is 2.02. The predicted molar refractivity (Wildman–Crippen MR) is 46.2 cm³/mol. The molecule has 1 aromatic heterocycles. The second kappa shape index (κ2) is 3.06. The molecule has 0 saturated carbocycles. The Morgan fingerprint density at radius 1 is 1.42 bits per heavy atom. The number of benzene rings is 1. The smallest absolute Gasteiger partial charge is 0.276 e. The van der Waals surface area contributed by atoms with Gasteiger partial charge in [-0.3, -0.25) is 0 Å². The lowest BCUT2D eigenvalue weighted by Gasteiger charge is -1.89. The number of halogens is 1. The van der Waals surface area contributed by atoms with Gasteiger partial charge in [0.15, 0.2) is 0 Å². The van der Waals surface area contributed by atoms with Gasteiger partial charge in [0.2, 0.25) is 6.86 Å². The van der Waals surface area contributed by atoms with Crippen molar-refractivity contribution in [3.05, 3.63) is 24.3 Å². The Balaban J connectivity index is 2.47. The summed E-state index contributed by atoms with van der Waals surface area (Å²) in [6.07, 6.45) is 0. The molecular weight excluding hydrogens is 177 g/mol. The van der Waals surface area contributed by atoms with Crippen LogP contribution >= 0.6 is 11.3 Å². The maximum Gasteiger partial charge on any atom is 0.276 e. The average molecular weight is 183 g/mol. The van der Waals surface area contributed by atoms with E-state index in [0.29, 0.717) is 5.19 Å². The first-order valence-electron chi connectivity index (χ1n) is 3.44. The fourth-order valence-corrected chi connectivity index (χ4v) is 1.76. The number of alkyl halides is 1. The Kier molecular flexibility index (Phi) is 1.91. The molecule has 0 saturated heterocycles. The molecule has 62 valence electrons. The van der Waals surface area contributed by atoms with E-state index in [-0.39, 0.29) is 0 Å². The molecule has 0 aliphatic heterocycles. The zero-order chi connectivity index (χ0) is 8.39. The SMILES string of the molecule is FCOc1nc2ccccc2s1. The first kappa shape index (κ1) is 7.49. The second-order valence-corrected chi connectivity index (χ2v) is 3.19. The van der Waals surface area contributed by atoms with Gasteiger partial charge in [0.1, 0.15) is 0 Å². The van der Waals surface area contributed by atoms with Crippen molar-refractivity contribution in [2.24, 2.45) is 0 Å². The highest BCUT2D eigenvalue weighted by molar-refractivity contribution is 7.20. The van der Waals surface area contributed by atoms with Crippen LogP contribution in [-0.4, -0.2) is 11.8 Å². The molecule has 1 heterocycles. The summed E-state index contributed by atoms with van der Waals surface area (Å²) in [5.41, 5.74) is 0.853. The summed E-state index contributed by atoms with van der Waals surface area (Å²) < 4.78 is 17.4. The number of hydrogen-bond acceptors (Lipinski definition) is 3. The van der Waals surface area contributed by atoms with Crippen LogP contribution in [0.15, 0.2) is 24.3 Å². The number of aromatic nitrogens is 1. The maximum absolute atomic E-state index is 11.8. The Bertz CT molecular complexity index is 354. The number of ether oxygens (including phenoxy) is 1. The van der Waals surface area contributed by atoms with Gasteiger partial charge >= 0.3 is 0 Å². The Morgan fingerprint density at radius 3 is 3.00 bits per heavy atom. The Hall–Kier alpha value is -1.16. The molecule has 1 aromatic carbocycles. The third-order valence-corrected chi connectivity index (χ3v) is 2.40. The monoisotopic (exact) mass is 183 g/mol. The summed E-state index contributed by atoms with van der Waals surface area (Å²) in [5.74, 6) is 0. The lowest BCUT2D eigenvalue weighted by atomic mass is 10.3. The average Bonchev–Trinajstić information content (AvgIpc) is 2.47. The van der Waals surface area contributed by atoms with E-state index in [1.165, 1.54) is 11.3 Å². The first-order valence-corrected chi connectivity index (χ1v) is 4.26. The molecule has 0 fully saturated rings. The normalized spacial score (nSPS) is 10.4. The van der Waals surface area contributed by atoms with Gasteiger partial charge < -0.3 is 4.74 Å². The largest absolute Gasteiger partial charge is 0.438 e. The number of nitrogens with zero attached hydrogens (tertiary/aromatic N) is 1. The molecule has 2 nitrogen and oxygen atoms in total. The summed E-state index contributed by atoms with van der Waals surface area (Å²) in [4.78, 5) is 4.06. The molecule has 0 spiro atoms. The van der Waals surface area contributed by atoms with E-state index in [1.807, 2.05) is 24.3 Å². The minimum atomic E-state index is -0.820. The van der Waals surface area contributed by atoms with Crippen LogP contribution in [0, 0.1) is 0 Å². The topological polar surface area (TPSA) is 22.1 Å². The van der Waals surface area contributed by atoms with Crippen LogP contribution in [0.5, 0.6) is 5.19 Å². The van der Waals surface area contributed by atoms with Crippen molar-refractivity contribution in [3.63, 3.8) is 0 Å². The molecule has 0 bridgehead atoms. The van der Waals surface area contributed by atoms with Gasteiger partial charge in [0, 0.05) is 0 Å². The minimum Gasteiger partial charge on any atom is -0.438 e. The molecule has 4 heteroatoms. The van der Waals surface area contributed by atoms with E-state index in [0.717, 1.165) is 10.2 Å². The van der Waals surface area contributed by atoms with Crippen molar-refractivity contribution >= 4 is 21.6 Å². The van der Waals surface area contributed by atoms with E-state index in [1.54, 1.807) is 0 Å². The van der Waals surface area contributed by atoms with E-state index in [2.05, 4.69) is 9.72 Å². The van der Waals surface area contributed by atoms with Crippen molar-refractivity contribution in [2.45, 2.75) is 0 Å². The standard InChI is InChI=1S/C8H6FNOS/c9-5-11-8-10-6-3-1-2-4-7(6)12-8/h1-4H,5H2. The highest BCUT2D eigenvalue weighted by atomic mass is 32.1. The number of para-hydroxylation sites is 1. The minimum absolute atomic E-state index is 0.388. The zero-order valence-corrected chi connectivity index (χ0v) is 6.97. The Morgan fingerprint density at radius 2 is 2.25 bits per heavy atom. The third kappa shape index (κ3) is 1.25. The van der Waals surface area contributed by atoms with Gasteiger partial charge in [-0.1, -0.05) is 23.5 Å². The summed E-state index contributed by atoms with van der Waals surface area (Å²) in [6, 6.07) is 7.61. The molecule has 0 atom stereocenters. The molecule has 0 radical (unpaired) electrons. The van der Waals surface area contributed by atoms with E-state index in [9.17, 15) is 4.39 Å². The van der Waals surface area contributed by atoms with Crippen LogP contribution in [0.2, 0.25) is 0 Å². The van der Waals surface area contributed by atoms with Gasteiger partial charge in [-0.15, -0.1) is 0 Å². The van der Waals surface area contributed by atoms with E-state index < -0.39 is 6.86 Å². The van der Waals surface area contributed by atoms with Gasteiger partial charge in [0.05, 0.1) is 10.2 Å². The molecule has 0 aliphatic rings. The summed E-state index contributed by atoms with van der Waals surface area (Å²) in [5, 5.41) is 0.388. The van der Waals surface area contributed by atoms with Crippen LogP contribution in [0.25, 0.3) is 10.2 Å². The molecule has 2 aromatic rings. The number of thiazole rings is 1. The Labute approximate surface area is 72.6 Å². The van der Waals surface area contributed by atoms with E-state index in [4.69, 9.17) is 0 Å². The molecule has 0 N–H and O–H groups in total. The van der Waals surface area contributed by atoms with Crippen molar-refractivity contribution < 1.29 is 9.13 Å². The molecule has 0 aliphatic carbocycles. The molecule has 0 amide bonds. The quantitative estimate of drug-likeness (QED) is 0.714. The van der Waals surface area contributed by atoms with Gasteiger partial charge in [0.25, 0.3) is 5.19 Å². The number of rotatable bonds is 2. The van der Waals surface area contributed by atoms with Crippen molar-refractivity contribution in [1.82, 2.24) is 4.98 Å². The lowest BCUT2D eigenvalue weighted by molar-refractivity contribution is 0.191. The molecule has 2 rings (SSSR count). The van der Waals surface area contributed by atoms with Crippen molar-refractivity contribution in [3.8, 4) is 5.19 Å². The predicted octanol–water partition coefficient (Wildman–Crippen LogP) is 2.60. The van der Waals surface area contributed by atoms with Crippen LogP contribution in [0.1, 0.15) is 0 Å². The van der Waals surface area contributed by atoms with Crippen LogP contribution in [0.3, 0.4) is 0 Å². The van der Waals surface area contributed by atoms with Crippen LogP contribution in [0.4, 0.5) is 4.39 Å². The molecule has 0 unspecified atom stereocenters. The summed E-state index contributed by atoms with van der Waals surface area (Å²) in [6.45, 7) is -0.820. The van der Waals surface area contributed by atoms with Crippen molar-refractivity contribution in [2.75, 3.05) is 6.86 Å². The molecule has 12 heavy (non-hydrogen) atoms. The lowest BCUT2D eigenvalue weighted by Crippen LogP contribution is -1.87. The zero-order valence-electron chi connectivity index (χ0n) is 6.16. The first-order chi connectivity index (χ1) is 5.90. The van der Waals surface area contributed by atoms with Gasteiger partial charge in [-0.25, -0.2) is 9.37 Å². The maximum atomic E-state index is 11.8. The van der Waals surface area contributed by atoms with Gasteiger partial charge in [-0.05, 0) is 12.1 Å². The third-order valence-electron chi connectivity index (χ3n) is 1.45. The summed E-state index contributed by atoms with van der Waals surface area (Å²) in [7, 11) is 0. The number of hydrogen-bond donors (Lipinski definition) is 0.